The smallest absolute Gasteiger partial charge is 0.242 e. The standard InChI is InChI=1S/C21H28N4O2S.HI/c1-15(2)27-18-9-7-17(8-10-18)25-21(22-12-11-19-4-3-13-28-19)23-14-20(26)24-16-5-6-16;/h3-4,7-10,13,15-16H,5-6,11-12,14H2,1-2H3,(H,24,26)(H2,22,23,25);1H. The fourth-order valence-corrected chi connectivity index (χ4v) is 3.29. The average molecular weight is 528 g/mol. The predicted molar refractivity (Wildman–Crippen MR) is 131 cm³/mol. The highest BCUT2D eigenvalue weighted by atomic mass is 127. The van der Waals surface area contributed by atoms with Crippen LogP contribution in [0.3, 0.4) is 0 Å². The molecule has 0 unspecified atom stereocenters. The molecule has 158 valence electrons. The maximum Gasteiger partial charge on any atom is 0.242 e. The molecule has 1 aliphatic rings. The first-order chi connectivity index (χ1) is 13.6. The maximum atomic E-state index is 12.0. The van der Waals surface area contributed by atoms with Gasteiger partial charge >= 0.3 is 0 Å². The molecule has 0 atom stereocenters. The number of anilines is 1. The van der Waals surface area contributed by atoms with Crippen LogP contribution in [0.4, 0.5) is 5.69 Å². The Hall–Kier alpha value is -1.81. The van der Waals surface area contributed by atoms with Gasteiger partial charge in [0.2, 0.25) is 5.91 Å². The Labute approximate surface area is 193 Å². The van der Waals surface area contributed by atoms with E-state index in [0.29, 0.717) is 12.0 Å². The van der Waals surface area contributed by atoms with Crippen LogP contribution >= 0.6 is 35.3 Å². The van der Waals surface area contributed by atoms with Crippen LogP contribution in [0.1, 0.15) is 31.6 Å². The first-order valence-electron chi connectivity index (χ1n) is 9.72. The van der Waals surface area contributed by atoms with Crippen LogP contribution in [0.5, 0.6) is 5.75 Å². The lowest BCUT2D eigenvalue weighted by molar-refractivity contribution is -0.119. The van der Waals surface area contributed by atoms with Gasteiger partial charge in [0.1, 0.15) is 12.3 Å². The fourth-order valence-electron chi connectivity index (χ4n) is 2.58. The minimum atomic E-state index is -0.0393. The lowest BCUT2D eigenvalue weighted by atomic mass is 10.3. The molecule has 1 aromatic heterocycles. The Morgan fingerprint density at radius 1 is 1.24 bits per heavy atom. The molecule has 0 saturated heterocycles. The number of benzene rings is 1. The van der Waals surface area contributed by atoms with E-state index in [9.17, 15) is 4.79 Å². The van der Waals surface area contributed by atoms with Gasteiger partial charge in [0, 0.05) is 23.2 Å². The molecule has 8 heteroatoms. The lowest BCUT2D eigenvalue weighted by Gasteiger charge is -2.14. The van der Waals surface area contributed by atoms with Crippen molar-refractivity contribution in [1.82, 2.24) is 10.6 Å². The summed E-state index contributed by atoms with van der Waals surface area (Å²) in [7, 11) is 0. The molecule has 0 aliphatic heterocycles. The Balaban J connectivity index is 0.00000300. The second-order valence-electron chi connectivity index (χ2n) is 7.08. The molecule has 1 aromatic carbocycles. The van der Waals surface area contributed by atoms with E-state index in [-0.39, 0.29) is 42.5 Å². The highest BCUT2D eigenvalue weighted by molar-refractivity contribution is 14.0. The van der Waals surface area contributed by atoms with Crippen LogP contribution in [0.2, 0.25) is 0 Å². The first-order valence-corrected chi connectivity index (χ1v) is 10.6. The van der Waals surface area contributed by atoms with Crippen molar-refractivity contribution < 1.29 is 9.53 Å². The number of carbonyl (C=O) groups excluding carboxylic acids is 1. The van der Waals surface area contributed by atoms with Crippen molar-refractivity contribution in [1.29, 1.82) is 0 Å². The quantitative estimate of drug-likeness (QED) is 0.261. The van der Waals surface area contributed by atoms with Crippen molar-refractivity contribution in [3.63, 3.8) is 0 Å². The van der Waals surface area contributed by atoms with Gasteiger partial charge in [0.25, 0.3) is 0 Å². The number of guanidine groups is 1. The molecule has 1 heterocycles. The van der Waals surface area contributed by atoms with Crippen molar-refractivity contribution in [2.45, 2.75) is 45.3 Å². The minimum Gasteiger partial charge on any atom is -0.491 e. The average Bonchev–Trinajstić information content (AvgIpc) is 3.32. The molecule has 0 radical (unpaired) electrons. The van der Waals surface area contributed by atoms with Gasteiger partial charge in [-0.25, -0.2) is 4.99 Å². The summed E-state index contributed by atoms with van der Waals surface area (Å²) in [6, 6.07) is 12.2. The summed E-state index contributed by atoms with van der Waals surface area (Å²) in [5.74, 6) is 1.39. The summed E-state index contributed by atoms with van der Waals surface area (Å²) in [5, 5.41) is 11.6. The first kappa shape index (κ1) is 23.5. The maximum absolute atomic E-state index is 12.0. The molecule has 3 N–H and O–H groups in total. The van der Waals surface area contributed by atoms with E-state index in [2.05, 4.69) is 38.5 Å². The number of nitrogens with zero attached hydrogens (tertiary/aromatic N) is 1. The van der Waals surface area contributed by atoms with Gasteiger partial charge in [-0.3, -0.25) is 4.79 Å². The van der Waals surface area contributed by atoms with Gasteiger partial charge in [-0.2, -0.15) is 0 Å². The number of carbonyl (C=O) groups is 1. The number of ether oxygens (including phenoxy) is 1. The van der Waals surface area contributed by atoms with Crippen molar-refractivity contribution in [3.05, 3.63) is 46.7 Å². The fraction of sp³-hybridized carbons (Fsp3) is 0.429. The highest BCUT2D eigenvalue weighted by Gasteiger charge is 2.22. The van der Waals surface area contributed by atoms with Crippen LogP contribution < -0.4 is 20.7 Å². The molecular formula is C21H29IN4O2S. The summed E-state index contributed by atoms with van der Waals surface area (Å²) in [6.07, 6.45) is 3.20. The Bertz CT molecular complexity index is 774. The second-order valence-corrected chi connectivity index (χ2v) is 8.11. The Kier molecular flexibility index (Phi) is 9.72. The number of halogens is 1. The zero-order valence-electron chi connectivity index (χ0n) is 16.8. The van der Waals surface area contributed by atoms with Crippen LogP contribution in [0.25, 0.3) is 0 Å². The molecule has 1 aliphatic carbocycles. The molecule has 3 rings (SSSR count). The summed E-state index contributed by atoms with van der Waals surface area (Å²) < 4.78 is 5.68. The van der Waals surface area contributed by atoms with Crippen LogP contribution in [-0.2, 0) is 11.2 Å². The molecule has 29 heavy (non-hydrogen) atoms. The number of rotatable bonds is 9. The molecule has 0 bridgehead atoms. The summed E-state index contributed by atoms with van der Waals surface area (Å²) in [5.41, 5.74) is 0.890. The van der Waals surface area contributed by atoms with Crippen molar-refractivity contribution in [3.8, 4) is 5.75 Å². The van der Waals surface area contributed by atoms with E-state index < -0.39 is 0 Å². The van der Waals surface area contributed by atoms with Gasteiger partial charge in [-0.15, -0.1) is 35.3 Å². The SMILES string of the molecule is CC(C)Oc1ccc(NC(=NCC(=O)NC2CC2)NCCc2cccs2)cc1.I. The normalized spacial score (nSPS) is 13.6. The van der Waals surface area contributed by atoms with E-state index in [4.69, 9.17) is 4.74 Å². The number of hydrogen-bond acceptors (Lipinski definition) is 4. The predicted octanol–water partition coefficient (Wildman–Crippen LogP) is 4.03. The van der Waals surface area contributed by atoms with Crippen LogP contribution in [0, 0.1) is 0 Å². The third-order valence-electron chi connectivity index (χ3n) is 4.06. The lowest BCUT2D eigenvalue weighted by Crippen LogP contribution is -2.34. The van der Waals surface area contributed by atoms with E-state index >= 15 is 0 Å². The van der Waals surface area contributed by atoms with Gasteiger partial charge in [-0.05, 0) is 68.8 Å². The van der Waals surface area contributed by atoms with Crippen molar-refractivity contribution in [2.24, 2.45) is 4.99 Å². The van der Waals surface area contributed by atoms with Crippen LogP contribution in [-0.4, -0.2) is 37.1 Å². The summed E-state index contributed by atoms with van der Waals surface area (Å²) in [6.45, 7) is 4.85. The highest BCUT2D eigenvalue weighted by Crippen LogP contribution is 2.18. The zero-order valence-corrected chi connectivity index (χ0v) is 20.0. The van der Waals surface area contributed by atoms with Crippen molar-refractivity contribution in [2.75, 3.05) is 18.4 Å². The number of hydrogen-bond donors (Lipinski definition) is 3. The van der Waals surface area contributed by atoms with Crippen LogP contribution in [0.15, 0.2) is 46.8 Å². The van der Waals surface area contributed by atoms with E-state index in [0.717, 1.165) is 37.2 Å². The number of aliphatic imine (C=N–C) groups is 1. The third kappa shape index (κ3) is 9.03. The number of thiophene rings is 1. The zero-order chi connectivity index (χ0) is 19.8. The third-order valence-corrected chi connectivity index (χ3v) is 4.99. The summed E-state index contributed by atoms with van der Waals surface area (Å²) >= 11 is 1.74. The molecule has 1 fully saturated rings. The molecule has 6 nitrogen and oxygen atoms in total. The largest absolute Gasteiger partial charge is 0.491 e. The molecule has 0 spiro atoms. The second kappa shape index (κ2) is 12.0. The Morgan fingerprint density at radius 2 is 2.00 bits per heavy atom. The van der Waals surface area contributed by atoms with E-state index in [1.807, 2.05) is 38.1 Å². The molecule has 2 aromatic rings. The van der Waals surface area contributed by atoms with Crippen molar-refractivity contribution >= 4 is 52.9 Å². The molecule has 1 amide bonds. The van der Waals surface area contributed by atoms with Gasteiger partial charge < -0.3 is 20.7 Å². The van der Waals surface area contributed by atoms with E-state index in [1.165, 1.54) is 4.88 Å². The molecular weight excluding hydrogens is 499 g/mol. The van der Waals surface area contributed by atoms with Gasteiger partial charge in [0.05, 0.1) is 6.10 Å². The summed E-state index contributed by atoms with van der Waals surface area (Å²) in [4.78, 5) is 17.7. The van der Waals surface area contributed by atoms with E-state index in [1.54, 1.807) is 11.3 Å². The number of nitrogens with one attached hydrogen (secondary N) is 3. The van der Waals surface area contributed by atoms with Gasteiger partial charge in [0.15, 0.2) is 5.96 Å². The minimum absolute atomic E-state index is 0. The van der Waals surface area contributed by atoms with Gasteiger partial charge in [-0.1, -0.05) is 6.07 Å². The molecule has 1 saturated carbocycles. The topological polar surface area (TPSA) is 74.8 Å². The number of amides is 1. The monoisotopic (exact) mass is 528 g/mol. The Morgan fingerprint density at radius 3 is 2.62 bits per heavy atom.